The molecule has 52 heavy (non-hydrogen) atoms. The highest BCUT2D eigenvalue weighted by Crippen LogP contribution is 2.49. The number of carbonyl (C=O) groups excluding carboxylic acids is 1. The fraction of sp³-hybridized carbons (Fsp3) is 0.529. The molecule has 14 nitrogen and oxygen atoms in total. The lowest BCUT2D eigenvalue weighted by molar-refractivity contribution is 0.0471. The Bertz CT molecular complexity index is 1820. The van der Waals surface area contributed by atoms with Gasteiger partial charge in [0.2, 0.25) is 5.13 Å². The van der Waals surface area contributed by atoms with Crippen molar-refractivity contribution in [2.24, 2.45) is 11.3 Å². The minimum Gasteiger partial charge on any atom is -0.497 e. The molecule has 1 aliphatic rings. The largest absolute Gasteiger partial charge is 0.497 e. The van der Waals surface area contributed by atoms with Gasteiger partial charge in [0, 0.05) is 37.0 Å². The molecule has 1 saturated carbocycles. The SMILES string of the molecule is COc1ccc(CN(c2ncc(F)s2)S(=O)(=O)c2cnc(NCC(CC3(CCNC(=O)OC(C)(C)C)CCC3)[C@@H](C)NC(=O)O)c(Cl)c2)c(OC)c1. The van der Waals surface area contributed by atoms with E-state index in [9.17, 15) is 27.5 Å². The number of rotatable bonds is 17. The fourth-order valence-corrected chi connectivity index (χ4v) is 8.60. The maximum absolute atomic E-state index is 14.1. The van der Waals surface area contributed by atoms with Crippen molar-refractivity contribution in [2.75, 3.05) is 36.9 Å². The second-order valence-electron chi connectivity index (χ2n) is 13.8. The number of sulfonamides is 1. The Morgan fingerprint density at radius 3 is 2.44 bits per heavy atom. The average Bonchev–Trinajstić information content (AvgIpc) is 3.48. The minimum atomic E-state index is -4.38. The van der Waals surface area contributed by atoms with Gasteiger partial charge in [0.1, 0.15) is 27.8 Å². The first-order valence-corrected chi connectivity index (χ1v) is 19.3. The number of methoxy groups -OCH3 is 2. The van der Waals surface area contributed by atoms with Gasteiger partial charge in [-0.05, 0) is 82.9 Å². The van der Waals surface area contributed by atoms with Crippen LogP contribution in [-0.4, -0.2) is 74.6 Å². The molecular formula is C34H46ClFN6O8S2. The summed E-state index contributed by atoms with van der Waals surface area (Å²) in [5, 5.41) is 17.3. The predicted molar refractivity (Wildman–Crippen MR) is 197 cm³/mol. The number of nitrogens with zero attached hydrogens (tertiary/aromatic N) is 3. The predicted octanol–water partition coefficient (Wildman–Crippen LogP) is 6.90. The molecule has 1 aromatic carbocycles. The number of carbonyl (C=O) groups is 2. The van der Waals surface area contributed by atoms with Crippen LogP contribution in [0.2, 0.25) is 5.02 Å². The fourth-order valence-electron chi connectivity index (χ4n) is 6.07. The van der Waals surface area contributed by atoms with E-state index in [1.807, 2.05) is 0 Å². The summed E-state index contributed by atoms with van der Waals surface area (Å²) in [6, 6.07) is 5.69. The summed E-state index contributed by atoms with van der Waals surface area (Å²) in [5.41, 5.74) is -0.258. The van der Waals surface area contributed by atoms with Gasteiger partial charge in [-0.3, -0.25) is 0 Å². The van der Waals surface area contributed by atoms with Crippen molar-refractivity contribution in [3.63, 3.8) is 0 Å². The van der Waals surface area contributed by atoms with Gasteiger partial charge < -0.3 is 35.3 Å². The number of thiazole rings is 1. The molecule has 0 aliphatic heterocycles. The smallest absolute Gasteiger partial charge is 0.407 e. The summed E-state index contributed by atoms with van der Waals surface area (Å²) in [4.78, 5) is 31.9. The summed E-state index contributed by atoms with van der Waals surface area (Å²) < 4.78 is 59.3. The lowest BCUT2D eigenvalue weighted by atomic mass is 9.61. The van der Waals surface area contributed by atoms with E-state index in [2.05, 4.69) is 25.9 Å². The zero-order chi connectivity index (χ0) is 38.3. The Morgan fingerprint density at radius 2 is 1.88 bits per heavy atom. The van der Waals surface area contributed by atoms with Crippen molar-refractivity contribution < 1.29 is 41.7 Å². The highest BCUT2D eigenvalue weighted by atomic mass is 35.5. The minimum absolute atomic E-state index is 0.00545. The number of benzene rings is 1. The molecule has 1 fully saturated rings. The highest BCUT2D eigenvalue weighted by molar-refractivity contribution is 7.93. The van der Waals surface area contributed by atoms with Crippen molar-refractivity contribution in [1.82, 2.24) is 20.6 Å². The topological polar surface area (TPSA) is 181 Å². The Balaban J connectivity index is 1.52. The molecule has 2 heterocycles. The van der Waals surface area contributed by atoms with Gasteiger partial charge >= 0.3 is 12.2 Å². The first-order chi connectivity index (χ1) is 24.4. The van der Waals surface area contributed by atoms with E-state index in [1.165, 1.54) is 20.3 Å². The number of pyridine rings is 1. The van der Waals surface area contributed by atoms with Crippen molar-refractivity contribution in [2.45, 2.75) is 82.9 Å². The number of ether oxygens (including phenoxy) is 3. The summed E-state index contributed by atoms with van der Waals surface area (Å²) in [7, 11) is -1.45. The first-order valence-electron chi connectivity index (χ1n) is 16.7. The Kier molecular flexibility index (Phi) is 13.4. The maximum Gasteiger partial charge on any atom is 0.407 e. The number of hydrogen-bond acceptors (Lipinski definition) is 11. The monoisotopic (exact) mass is 784 g/mol. The molecule has 2 amide bonds. The number of halogens is 2. The van der Waals surface area contributed by atoms with Crippen LogP contribution in [0.3, 0.4) is 0 Å². The highest BCUT2D eigenvalue weighted by Gasteiger charge is 2.40. The molecule has 286 valence electrons. The lowest BCUT2D eigenvalue weighted by Crippen LogP contribution is -2.45. The van der Waals surface area contributed by atoms with Crippen LogP contribution in [0.4, 0.5) is 24.9 Å². The quantitative estimate of drug-likeness (QED) is 0.112. The van der Waals surface area contributed by atoms with Crippen LogP contribution < -0.4 is 29.7 Å². The number of nitrogens with one attached hydrogen (secondary N) is 3. The third-order valence-electron chi connectivity index (χ3n) is 8.91. The zero-order valence-electron chi connectivity index (χ0n) is 30.0. The number of anilines is 2. The van der Waals surface area contributed by atoms with Crippen LogP contribution in [0.25, 0.3) is 0 Å². The molecule has 0 bridgehead atoms. The van der Waals surface area contributed by atoms with Crippen LogP contribution in [0.15, 0.2) is 41.6 Å². The number of carboxylic acid groups (broad SMARTS) is 1. The summed E-state index contributed by atoms with van der Waals surface area (Å²) in [6.07, 6.45) is 4.64. The van der Waals surface area contributed by atoms with Crippen LogP contribution in [0.1, 0.15) is 65.4 Å². The van der Waals surface area contributed by atoms with Crippen LogP contribution in [0.5, 0.6) is 11.5 Å². The van der Waals surface area contributed by atoms with Gasteiger partial charge in [0.15, 0.2) is 5.13 Å². The van der Waals surface area contributed by atoms with Gasteiger partial charge in [-0.25, -0.2) is 32.3 Å². The van der Waals surface area contributed by atoms with Gasteiger partial charge in [-0.1, -0.05) is 29.4 Å². The van der Waals surface area contributed by atoms with Crippen LogP contribution in [-0.2, 0) is 21.3 Å². The molecule has 3 aromatic rings. The number of alkyl carbamates (subject to hydrolysis) is 1. The van der Waals surface area contributed by atoms with Crippen LogP contribution >= 0.6 is 22.9 Å². The number of aromatic nitrogens is 2. The molecule has 0 saturated heterocycles. The normalized spacial score (nSPS) is 15.1. The van der Waals surface area contributed by atoms with E-state index in [-0.39, 0.29) is 45.3 Å². The van der Waals surface area contributed by atoms with Crippen molar-refractivity contribution in [3.8, 4) is 11.5 Å². The number of amides is 2. The molecule has 1 unspecified atom stereocenters. The summed E-state index contributed by atoms with van der Waals surface area (Å²) in [5.74, 6) is 0.847. The molecule has 4 rings (SSSR count). The van der Waals surface area contributed by atoms with E-state index in [0.29, 0.717) is 47.8 Å². The second kappa shape index (κ2) is 17.2. The second-order valence-corrected chi connectivity index (χ2v) is 17.0. The van der Waals surface area contributed by atoms with Crippen molar-refractivity contribution in [3.05, 3.63) is 52.4 Å². The van der Waals surface area contributed by atoms with E-state index >= 15 is 0 Å². The van der Waals surface area contributed by atoms with Gasteiger partial charge in [-0.2, -0.15) is 4.39 Å². The molecular weight excluding hydrogens is 739 g/mol. The van der Waals surface area contributed by atoms with E-state index in [1.54, 1.807) is 45.9 Å². The molecule has 18 heteroatoms. The first kappa shape index (κ1) is 40.7. The van der Waals surface area contributed by atoms with Crippen LogP contribution in [0, 0.1) is 16.5 Å². The Labute approximate surface area is 312 Å². The number of hydrogen-bond donors (Lipinski definition) is 4. The molecule has 2 atom stereocenters. The molecule has 0 radical (unpaired) electrons. The molecule has 4 N–H and O–H groups in total. The van der Waals surface area contributed by atoms with Gasteiger partial charge in [-0.15, -0.1) is 0 Å². The zero-order valence-corrected chi connectivity index (χ0v) is 32.4. The van der Waals surface area contributed by atoms with E-state index < -0.39 is 39.0 Å². The Morgan fingerprint density at radius 1 is 1.15 bits per heavy atom. The average molecular weight is 785 g/mol. The third-order valence-corrected chi connectivity index (χ3v) is 11.8. The summed E-state index contributed by atoms with van der Waals surface area (Å²) >= 11 is 7.18. The molecule has 0 spiro atoms. The summed E-state index contributed by atoms with van der Waals surface area (Å²) in [6.45, 7) is 7.60. The maximum atomic E-state index is 14.1. The van der Waals surface area contributed by atoms with Crippen molar-refractivity contribution >= 4 is 56.1 Å². The Hall–Kier alpha value is -4.09. The third kappa shape index (κ3) is 10.7. The van der Waals surface area contributed by atoms with E-state index in [0.717, 1.165) is 36.0 Å². The molecule has 1 aliphatic carbocycles. The van der Waals surface area contributed by atoms with E-state index in [4.69, 9.17) is 25.8 Å². The lowest BCUT2D eigenvalue weighted by Gasteiger charge is -2.45. The van der Waals surface area contributed by atoms with Crippen molar-refractivity contribution in [1.29, 1.82) is 0 Å². The standard InChI is InChI=1S/C34H46ClFN6O8S2/c1-21(41-31(43)44)23(16-34(10-7-11-34)12-13-37-32(45)50-33(2,3)4)17-38-29-26(35)15-25(18-39-29)52(46,47)42(30-40-19-28(36)51-30)20-22-8-9-24(48-5)14-27(22)49-6/h8-9,14-15,18-19,21,23,41H,7,10-13,16-17,20H2,1-6H3,(H,37,45)(H,38,39)(H,43,44)/t21-,23?/m1/s1. The van der Waals surface area contributed by atoms with Gasteiger partial charge in [0.25, 0.3) is 10.0 Å². The van der Waals surface area contributed by atoms with Gasteiger partial charge in [0.05, 0.1) is 32.0 Å². The molecule has 2 aromatic heterocycles.